The Hall–Kier alpha value is -2.89. The molecular weight excluding hydrogens is 352 g/mol. The number of carbonyl (C=O) groups excluding carboxylic acids is 2. The van der Waals surface area contributed by atoms with Gasteiger partial charge in [-0.1, -0.05) is 6.92 Å². The second kappa shape index (κ2) is 6.93. The Morgan fingerprint density at radius 2 is 1.96 bits per heavy atom. The van der Waals surface area contributed by atoms with E-state index in [1.165, 1.54) is 0 Å². The molecular formula is C22H26N4O2. The van der Waals surface area contributed by atoms with Gasteiger partial charge in [-0.25, -0.2) is 4.98 Å². The van der Waals surface area contributed by atoms with Crippen LogP contribution < -0.4 is 16.0 Å². The number of hydrogen-bond acceptors (Lipinski definition) is 4. The molecule has 1 aromatic carbocycles. The van der Waals surface area contributed by atoms with Gasteiger partial charge in [-0.15, -0.1) is 0 Å². The zero-order valence-corrected chi connectivity index (χ0v) is 16.5. The number of benzene rings is 1. The maximum atomic E-state index is 12.6. The zero-order chi connectivity index (χ0) is 20.0. The minimum absolute atomic E-state index is 0.0314. The molecule has 2 amide bonds. The highest BCUT2D eigenvalue weighted by Gasteiger charge is 2.47. The van der Waals surface area contributed by atoms with Crippen LogP contribution in [0.4, 0.5) is 11.5 Å². The van der Waals surface area contributed by atoms with E-state index in [4.69, 9.17) is 5.73 Å². The van der Waals surface area contributed by atoms with Gasteiger partial charge in [0.05, 0.1) is 6.04 Å². The van der Waals surface area contributed by atoms with Crippen LogP contribution in [0.1, 0.15) is 54.2 Å². The van der Waals surface area contributed by atoms with Crippen molar-refractivity contribution in [3.8, 4) is 0 Å². The molecule has 3 atom stereocenters. The number of nitrogens with zero attached hydrogens (tertiary/aromatic N) is 2. The largest absolute Gasteiger partial charge is 0.366 e. The van der Waals surface area contributed by atoms with Gasteiger partial charge in [0.2, 0.25) is 11.8 Å². The second-order valence-electron chi connectivity index (χ2n) is 8.05. The summed E-state index contributed by atoms with van der Waals surface area (Å²) in [4.78, 5) is 30.7. The molecule has 2 heterocycles. The van der Waals surface area contributed by atoms with E-state index in [9.17, 15) is 9.59 Å². The third-order valence-corrected chi connectivity index (χ3v) is 5.93. The molecule has 1 saturated carbocycles. The summed E-state index contributed by atoms with van der Waals surface area (Å²) in [5.41, 5.74) is 8.87. The number of carbonyl (C=O) groups is 2. The van der Waals surface area contributed by atoms with Crippen LogP contribution in [0.2, 0.25) is 0 Å². The minimum Gasteiger partial charge on any atom is -0.366 e. The standard InChI is InChI=1S/C22H26N4O2/c1-12-8-9-24-19(10-12)25-20-13(2)21(15-4-5-15)26(14(3)27)18-7-6-16(22(23)28)11-17(18)20/h6-11,13,15,20-21H,4-5H2,1-3H3,(H2,23,28)(H,24,25)/t13-,20-,21-/m1/s1. The van der Waals surface area contributed by atoms with Crippen molar-refractivity contribution in [3.05, 3.63) is 53.2 Å². The third kappa shape index (κ3) is 3.23. The molecule has 0 bridgehead atoms. The summed E-state index contributed by atoms with van der Waals surface area (Å²) in [5, 5.41) is 3.56. The summed E-state index contributed by atoms with van der Waals surface area (Å²) in [7, 11) is 0. The Kier molecular flexibility index (Phi) is 4.57. The molecule has 0 spiro atoms. The van der Waals surface area contributed by atoms with Crippen LogP contribution in [0.25, 0.3) is 0 Å². The van der Waals surface area contributed by atoms with Crippen molar-refractivity contribution in [2.45, 2.75) is 45.7 Å². The predicted octanol–water partition coefficient (Wildman–Crippen LogP) is 3.42. The maximum Gasteiger partial charge on any atom is 0.248 e. The number of nitrogens with one attached hydrogen (secondary N) is 1. The van der Waals surface area contributed by atoms with E-state index >= 15 is 0 Å². The molecule has 1 aromatic heterocycles. The Bertz CT molecular complexity index is 938. The fourth-order valence-corrected chi connectivity index (χ4v) is 4.49. The van der Waals surface area contributed by atoms with E-state index in [0.717, 1.165) is 35.5 Å². The fraction of sp³-hybridized carbons (Fsp3) is 0.409. The number of rotatable bonds is 4. The van der Waals surface area contributed by atoms with Crippen molar-refractivity contribution < 1.29 is 9.59 Å². The molecule has 28 heavy (non-hydrogen) atoms. The first kappa shape index (κ1) is 18.5. The van der Waals surface area contributed by atoms with Crippen LogP contribution in [0.5, 0.6) is 0 Å². The molecule has 6 heteroatoms. The Labute approximate surface area is 165 Å². The Balaban J connectivity index is 1.83. The lowest BCUT2D eigenvalue weighted by Gasteiger charge is -2.46. The highest BCUT2D eigenvalue weighted by molar-refractivity contribution is 5.97. The fourth-order valence-electron chi connectivity index (χ4n) is 4.49. The zero-order valence-electron chi connectivity index (χ0n) is 16.5. The van der Waals surface area contributed by atoms with E-state index in [1.807, 2.05) is 36.1 Å². The van der Waals surface area contributed by atoms with Gasteiger partial charge >= 0.3 is 0 Å². The summed E-state index contributed by atoms with van der Waals surface area (Å²) in [5.74, 6) is 1.02. The van der Waals surface area contributed by atoms with Gasteiger partial charge in [0, 0.05) is 36.3 Å². The number of fused-ring (bicyclic) bond motifs is 1. The summed E-state index contributed by atoms with van der Waals surface area (Å²) in [6.45, 7) is 5.82. The summed E-state index contributed by atoms with van der Waals surface area (Å²) >= 11 is 0. The van der Waals surface area contributed by atoms with Gasteiger partial charge in [-0.05, 0) is 67.1 Å². The molecule has 1 aliphatic carbocycles. The number of pyridine rings is 1. The monoisotopic (exact) mass is 378 g/mol. The molecule has 3 N–H and O–H groups in total. The van der Waals surface area contributed by atoms with Crippen LogP contribution >= 0.6 is 0 Å². The maximum absolute atomic E-state index is 12.6. The van der Waals surface area contributed by atoms with Gasteiger partial charge in [-0.2, -0.15) is 0 Å². The number of aryl methyl sites for hydroxylation is 1. The topological polar surface area (TPSA) is 88.3 Å². The number of hydrogen-bond donors (Lipinski definition) is 2. The predicted molar refractivity (Wildman–Crippen MR) is 109 cm³/mol. The van der Waals surface area contributed by atoms with E-state index < -0.39 is 5.91 Å². The number of primary amides is 1. The smallest absolute Gasteiger partial charge is 0.248 e. The van der Waals surface area contributed by atoms with Crippen LogP contribution in [0, 0.1) is 18.8 Å². The average molecular weight is 378 g/mol. The van der Waals surface area contributed by atoms with Gasteiger partial charge in [0.1, 0.15) is 5.82 Å². The van der Waals surface area contributed by atoms with E-state index in [1.54, 1.807) is 19.2 Å². The van der Waals surface area contributed by atoms with Crippen molar-refractivity contribution in [2.24, 2.45) is 17.6 Å². The lowest BCUT2D eigenvalue weighted by Crippen LogP contribution is -2.51. The van der Waals surface area contributed by atoms with Crippen LogP contribution in [0.15, 0.2) is 36.5 Å². The molecule has 6 nitrogen and oxygen atoms in total. The average Bonchev–Trinajstić information content (AvgIpc) is 3.47. The van der Waals surface area contributed by atoms with Crippen molar-refractivity contribution >= 4 is 23.3 Å². The van der Waals surface area contributed by atoms with Crippen molar-refractivity contribution in [1.29, 1.82) is 0 Å². The molecule has 0 unspecified atom stereocenters. The van der Waals surface area contributed by atoms with Crippen LogP contribution in [-0.2, 0) is 4.79 Å². The van der Waals surface area contributed by atoms with Crippen molar-refractivity contribution in [2.75, 3.05) is 10.2 Å². The normalized spacial score (nSPS) is 23.8. The molecule has 4 rings (SSSR count). The lowest BCUT2D eigenvalue weighted by atomic mass is 9.79. The summed E-state index contributed by atoms with van der Waals surface area (Å²) < 4.78 is 0. The number of nitrogens with two attached hydrogens (primary N) is 1. The van der Waals surface area contributed by atoms with Crippen molar-refractivity contribution in [1.82, 2.24) is 4.98 Å². The quantitative estimate of drug-likeness (QED) is 0.853. The van der Waals surface area contributed by atoms with E-state index in [-0.39, 0.29) is 23.9 Å². The lowest BCUT2D eigenvalue weighted by molar-refractivity contribution is -0.117. The van der Waals surface area contributed by atoms with Crippen LogP contribution in [0.3, 0.4) is 0 Å². The van der Waals surface area contributed by atoms with Gasteiger partial charge in [-0.3, -0.25) is 9.59 Å². The highest BCUT2D eigenvalue weighted by atomic mass is 16.2. The number of amides is 2. The molecule has 0 radical (unpaired) electrons. The molecule has 2 aliphatic rings. The minimum atomic E-state index is -0.471. The first-order valence-electron chi connectivity index (χ1n) is 9.79. The first-order chi connectivity index (χ1) is 13.4. The first-order valence-corrected chi connectivity index (χ1v) is 9.79. The Morgan fingerprint density at radius 1 is 1.21 bits per heavy atom. The number of anilines is 2. The van der Waals surface area contributed by atoms with Crippen molar-refractivity contribution in [3.63, 3.8) is 0 Å². The Morgan fingerprint density at radius 3 is 2.57 bits per heavy atom. The molecule has 146 valence electrons. The van der Waals surface area contributed by atoms with E-state index in [0.29, 0.717) is 11.5 Å². The van der Waals surface area contributed by atoms with Gasteiger partial charge < -0.3 is 16.0 Å². The molecule has 1 fully saturated rings. The highest BCUT2D eigenvalue weighted by Crippen LogP contribution is 2.50. The van der Waals surface area contributed by atoms with Crippen LogP contribution in [-0.4, -0.2) is 22.8 Å². The molecule has 0 saturated heterocycles. The second-order valence-corrected chi connectivity index (χ2v) is 8.05. The SMILES string of the molecule is CC(=O)N1c2ccc(C(N)=O)cc2[C@H](Nc2cc(C)ccn2)[C@@H](C)[C@@H]1C1CC1. The number of aromatic nitrogens is 1. The third-order valence-electron chi connectivity index (χ3n) is 5.93. The van der Waals surface area contributed by atoms with Gasteiger partial charge in [0.15, 0.2) is 0 Å². The summed E-state index contributed by atoms with van der Waals surface area (Å²) in [6.07, 6.45) is 4.07. The van der Waals surface area contributed by atoms with Gasteiger partial charge in [0.25, 0.3) is 0 Å². The molecule has 2 aromatic rings. The van der Waals surface area contributed by atoms with E-state index in [2.05, 4.69) is 17.2 Å². The summed E-state index contributed by atoms with van der Waals surface area (Å²) in [6, 6.07) is 9.42. The molecule has 1 aliphatic heterocycles.